The summed E-state index contributed by atoms with van der Waals surface area (Å²) in [5.41, 5.74) is 13.1. The Balaban J connectivity index is 1.85. The number of pyridine rings is 1. The molecule has 0 saturated heterocycles. The second kappa shape index (κ2) is 7.02. The fourth-order valence-corrected chi connectivity index (χ4v) is 2.45. The number of primary amides is 1. The molecule has 130 valence electrons. The van der Waals surface area contributed by atoms with Crippen LogP contribution in [-0.2, 0) is 0 Å². The van der Waals surface area contributed by atoms with E-state index in [0.29, 0.717) is 16.7 Å². The zero-order valence-electron chi connectivity index (χ0n) is 13.6. The summed E-state index contributed by atoms with van der Waals surface area (Å²) in [5.74, 6) is -1.15. The zero-order chi connectivity index (χ0) is 18.7. The number of nitrogens with one attached hydrogen (secondary N) is 1. The number of rotatable bonds is 4. The molecule has 1 heterocycles. The van der Waals surface area contributed by atoms with E-state index in [2.05, 4.69) is 10.3 Å². The lowest BCUT2D eigenvalue weighted by molar-refractivity contribution is 0.0997. The lowest BCUT2D eigenvalue weighted by atomic mass is 10.0. The second-order valence-electron chi connectivity index (χ2n) is 5.54. The van der Waals surface area contributed by atoms with Gasteiger partial charge in [0.25, 0.3) is 5.91 Å². The van der Waals surface area contributed by atoms with Crippen molar-refractivity contribution in [1.82, 2.24) is 4.98 Å². The van der Waals surface area contributed by atoms with Crippen molar-refractivity contribution in [3.05, 3.63) is 77.6 Å². The number of halogens is 1. The molecule has 3 aromatic rings. The van der Waals surface area contributed by atoms with Crippen LogP contribution in [-0.4, -0.2) is 16.8 Å². The first kappa shape index (κ1) is 17.1. The van der Waals surface area contributed by atoms with Gasteiger partial charge in [0.1, 0.15) is 17.5 Å². The molecule has 0 aliphatic heterocycles. The van der Waals surface area contributed by atoms with Crippen LogP contribution in [0.1, 0.15) is 20.7 Å². The van der Waals surface area contributed by atoms with Crippen LogP contribution in [0.3, 0.4) is 0 Å². The summed E-state index contributed by atoms with van der Waals surface area (Å²) in [6, 6.07) is 15.2. The summed E-state index contributed by atoms with van der Waals surface area (Å²) >= 11 is 0. The number of carbonyl (C=O) groups excluding carboxylic acids is 2. The highest BCUT2D eigenvalue weighted by Crippen LogP contribution is 2.26. The normalized spacial score (nSPS) is 10.3. The predicted molar refractivity (Wildman–Crippen MR) is 97.0 cm³/mol. The second-order valence-corrected chi connectivity index (χ2v) is 5.54. The van der Waals surface area contributed by atoms with Crippen molar-refractivity contribution in [2.45, 2.75) is 0 Å². The molecule has 2 amide bonds. The summed E-state index contributed by atoms with van der Waals surface area (Å²) in [5, 5.41) is 2.56. The number of amides is 2. The number of nitrogen functional groups attached to an aromatic ring is 1. The Hall–Kier alpha value is -3.74. The standard InChI is InChI=1S/C19H15FN4O2/c20-14-6-2-5-13(10-14)19(26)24-16-8-7-15(17(21)23-16)11-3-1-4-12(9-11)18(22)25/h1-10H,(H2,22,25)(H3,21,23,24,26). The van der Waals surface area contributed by atoms with E-state index in [1.807, 2.05) is 0 Å². The molecule has 6 nitrogen and oxygen atoms in total. The number of benzene rings is 2. The van der Waals surface area contributed by atoms with E-state index in [0.717, 1.165) is 6.07 Å². The van der Waals surface area contributed by atoms with Gasteiger partial charge in [-0.2, -0.15) is 0 Å². The highest BCUT2D eigenvalue weighted by molar-refractivity contribution is 6.04. The van der Waals surface area contributed by atoms with E-state index in [1.165, 1.54) is 18.2 Å². The molecule has 0 aliphatic rings. The van der Waals surface area contributed by atoms with Crippen molar-refractivity contribution in [3.8, 4) is 11.1 Å². The summed E-state index contributed by atoms with van der Waals surface area (Å²) in [6.07, 6.45) is 0. The van der Waals surface area contributed by atoms with Gasteiger partial charge in [-0.05, 0) is 48.0 Å². The number of carbonyl (C=O) groups is 2. The minimum Gasteiger partial charge on any atom is -0.383 e. The van der Waals surface area contributed by atoms with E-state index in [9.17, 15) is 14.0 Å². The Labute approximate surface area is 148 Å². The fraction of sp³-hybridized carbons (Fsp3) is 0. The van der Waals surface area contributed by atoms with Gasteiger partial charge in [0.15, 0.2) is 0 Å². The van der Waals surface area contributed by atoms with Gasteiger partial charge < -0.3 is 16.8 Å². The average molecular weight is 350 g/mol. The maximum atomic E-state index is 13.2. The Bertz CT molecular complexity index is 1000. The van der Waals surface area contributed by atoms with Gasteiger partial charge in [-0.25, -0.2) is 9.37 Å². The van der Waals surface area contributed by atoms with Crippen LogP contribution in [0.25, 0.3) is 11.1 Å². The van der Waals surface area contributed by atoms with E-state index >= 15 is 0 Å². The van der Waals surface area contributed by atoms with E-state index < -0.39 is 17.6 Å². The molecular weight excluding hydrogens is 335 g/mol. The van der Waals surface area contributed by atoms with Crippen molar-refractivity contribution in [1.29, 1.82) is 0 Å². The molecule has 0 unspecified atom stereocenters. The highest BCUT2D eigenvalue weighted by atomic mass is 19.1. The van der Waals surface area contributed by atoms with Crippen molar-refractivity contribution < 1.29 is 14.0 Å². The van der Waals surface area contributed by atoms with Gasteiger partial charge in [-0.3, -0.25) is 9.59 Å². The molecule has 0 fully saturated rings. The predicted octanol–water partition coefficient (Wildman–Crippen LogP) is 2.82. The summed E-state index contributed by atoms with van der Waals surface area (Å²) in [6.45, 7) is 0. The molecule has 0 spiro atoms. The van der Waals surface area contributed by atoms with Crippen molar-refractivity contribution >= 4 is 23.5 Å². The Morgan fingerprint density at radius 1 is 0.962 bits per heavy atom. The number of anilines is 2. The molecule has 0 radical (unpaired) electrons. The van der Waals surface area contributed by atoms with Gasteiger partial charge in [-0.1, -0.05) is 18.2 Å². The smallest absolute Gasteiger partial charge is 0.256 e. The first-order chi connectivity index (χ1) is 12.4. The van der Waals surface area contributed by atoms with Gasteiger partial charge in [-0.15, -0.1) is 0 Å². The number of hydrogen-bond donors (Lipinski definition) is 3. The van der Waals surface area contributed by atoms with Crippen LogP contribution in [0.5, 0.6) is 0 Å². The lowest BCUT2D eigenvalue weighted by Gasteiger charge is -2.10. The quantitative estimate of drug-likeness (QED) is 0.672. The molecule has 0 atom stereocenters. The minimum atomic E-state index is -0.544. The number of nitrogens with two attached hydrogens (primary N) is 2. The molecule has 7 heteroatoms. The first-order valence-corrected chi connectivity index (χ1v) is 7.68. The number of hydrogen-bond acceptors (Lipinski definition) is 4. The maximum Gasteiger partial charge on any atom is 0.256 e. The topological polar surface area (TPSA) is 111 Å². The molecule has 0 bridgehead atoms. The van der Waals surface area contributed by atoms with Crippen LogP contribution in [0.2, 0.25) is 0 Å². The SMILES string of the molecule is NC(=O)c1cccc(-c2ccc(NC(=O)c3cccc(F)c3)nc2N)c1. The number of aromatic nitrogens is 1. The largest absolute Gasteiger partial charge is 0.383 e. The van der Waals surface area contributed by atoms with Crippen molar-refractivity contribution in [2.75, 3.05) is 11.1 Å². The van der Waals surface area contributed by atoms with Crippen LogP contribution in [0.15, 0.2) is 60.7 Å². The van der Waals surface area contributed by atoms with Crippen LogP contribution < -0.4 is 16.8 Å². The Kier molecular flexibility index (Phi) is 4.62. The van der Waals surface area contributed by atoms with E-state index in [4.69, 9.17) is 11.5 Å². The fourth-order valence-electron chi connectivity index (χ4n) is 2.45. The molecule has 0 aliphatic carbocycles. The summed E-state index contributed by atoms with van der Waals surface area (Å²) in [7, 11) is 0. The first-order valence-electron chi connectivity index (χ1n) is 7.68. The summed E-state index contributed by atoms with van der Waals surface area (Å²) < 4.78 is 13.2. The average Bonchev–Trinajstić information content (AvgIpc) is 2.62. The molecule has 1 aromatic heterocycles. The zero-order valence-corrected chi connectivity index (χ0v) is 13.6. The van der Waals surface area contributed by atoms with Gasteiger partial charge in [0.05, 0.1) is 0 Å². The van der Waals surface area contributed by atoms with E-state index in [1.54, 1.807) is 36.4 Å². The van der Waals surface area contributed by atoms with Crippen molar-refractivity contribution in [2.24, 2.45) is 5.73 Å². The maximum absolute atomic E-state index is 13.2. The summed E-state index contributed by atoms with van der Waals surface area (Å²) in [4.78, 5) is 27.6. The van der Waals surface area contributed by atoms with Gasteiger partial charge in [0, 0.05) is 16.7 Å². The lowest BCUT2D eigenvalue weighted by Crippen LogP contribution is -2.14. The van der Waals surface area contributed by atoms with Crippen molar-refractivity contribution in [3.63, 3.8) is 0 Å². The molecular formula is C19H15FN4O2. The van der Waals surface area contributed by atoms with Crippen LogP contribution in [0, 0.1) is 5.82 Å². The molecule has 5 N–H and O–H groups in total. The molecule has 3 rings (SSSR count). The monoisotopic (exact) mass is 350 g/mol. The van der Waals surface area contributed by atoms with Crippen LogP contribution >= 0.6 is 0 Å². The molecule has 0 saturated carbocycles. The third kappa shape index (κ3) is 3.67. The highest BCUT2D eigenvalue weighted by Gasteiger charge is 2.11. The third-order valence-electron chi connectivity index (χ3n) is 3.71. The minimum absolute atomic E-state index is 0.170. The molecule has 26 heavy (non-hydrogen) atoms. The van der Waals surface area contributed by atoms with Crippen LogP contribution in [0.4, 0.5) is 16.0 Å². The number of nitrogens with zero attached hydrogens (tertiary/aromatic N) is 1. The Morgan fingerprint density at radius 3 is 2.38 bits per heavy atom. The van der Waals surface area contributed by atoms with E-state index in [-0.39, 0.29) is 17.2 Å². The Morgan fingerprint density at radius 2 is 1.69 bits per heavy atom. The third-order valence-corrected chi connectivity index (χ3v) is 3.71. The van der Waals surface area contributed by atoms with Gasteiger partial charge >= 0.3 is 0 Å². The molecule has 2 aromatic carbocycles. The van der Waals surface area contributed by atoms with Gasteiger partial charge in [0.2, 0.25) is 5.91 Å².